The standard InChI is InChI=1S/C5H8B2O2/c1-2-3(6)4(7)5(8)9-2/h3-4H,1,6-7H2. The van der Waals surface area contributed by atoms with Crippen LogP contribution < -0.4 is 0 Å². The number of carbonyl (C=O) groups is 1. The Labute approximate surface area is 56.1 Å². The first-order valence-corrected chi connectivity index (χ1v) is 3.03. The van der Waals surface area contributed by atoms with Crippen molar-refractivity contribution < 1.29 is 9.53 Å². The summed E-state index contributed by atoms with van der Waals surface area (Å²) in [5, 5.41) is 0. The molecule has 46 valence electrons. The summed E-state index contributed by atoms with van der Waals surface area (Å²) in [6.45, 7) is 3.59. The van der Waals surface area contributed by atoms with Gasteiger partial charge in [0.15, 0.2) is 0 Å². The van der Waals surface area contributed by atoms with Crippen LogP contribution in [-0.4, -0.2) is 21.7 Å². The molecule has 0 aromatic carbocycles. The molecule has 0 bridgehead atoms. The van der Waals surface area contributed by atoms with Gasteiger partial charge in [-0.25, -0.2) is 0 Å². The van der Waals surface area contributed by atoms with E-state index in [1.54, 1.807) is 0 Å². The number of esters is 1. The molecule has 0 aromatic rings. The zero-order valence-electron chi connectivity index (χ0n) is 5.68. The molecule has 1 aliphatic heterocycles. The van der Waals surface area contributed by atoms with E-state index in [0.717, 1.165) is 0 Å². The molecular weight excluding hydrogens is 114 g/mol. The van der Waals surface area contributed by atoms with Crippen LogP contribution in [0.5, 0.6) is 0 Å². The van der Waals surface area contributed by atoms with Gasteiger partial charge in [-0.1, -0.05) is 6.58 Å². The van der Waals surface area contributed by atoms with E-state index in [4.69, 9.17) is 4.74 Å². The van der Waals surface area contributed by atoms with E-state index in [2.05, 4.69) is 6.58 Å². The highest BCUT2D eigenvalue weighted by atomic mass is 16.5. The van der Waals surface area contributed by atoms with Crippen molar-refractivity contribution in [1.82, 2.24) is 0 Å². The maximum Gasteiger partial charge on any atom is 0.305 e. The van der Waals surface area contributed by atoms with Crippen molar-refractivity contribution in [3.63, 3.8) is 0 Å². The van der Waals surface area contributed by atoms with Crippen molar-refractivity contribution in [3.05, 3.63) is 12.3 Å². The van der Waals surface area contributed by atoms with Crippen LogP contribution in [0.3, 0.4) is 0 Å². The van der Waals surface area contributed by atoms with Gasteiger partial charge in [-0.15, -0.1) is 0 Å². The number of carbonyl (C=O) groups excluding carboxylic acids is 1. The zero-order chi connectivity index (χ0) is 7.02. The van der Waals surface area contributed by atoms with Crippen molar-refractivity contribution in [1.29, 1.82) is 0 Å². The molecule has 0 N–H and O–H groups in total. The van der Waals surface area contributed by atoms with Gasteiger partial charge in [0.1, 0.15) is 15.7 Å². The zero-order valence-corrected chi connectivity index (χ0v) is 5.68. The lowest BCUT2D eigenvalue weighted by molar-refractivity contribution is -0.135. The van der Waals surface area contributed by atoms with Gasteiger partial charge in [-0.05, 0) is 5.82 Å². The molecule has 0 spiro atoms. The second kappa shape index (κ2) is 1.94. The SMILES string of the molecule is BC1C(=C)OC(=O)C1B. The van der Waals surface area contributed by atoms with Crippen molar-refractivity contribution in [3.8, 4) is 0 Å². The van der Waals surface area contributed by atoms with Gasteiger partial charge in [0, 0.05) is 5.82 Å². The first-order valence-electron chi connectivity index (χ1n) is 3.03. The van der Waals surface area contributed by atoms with E-state index < -0.39 is 0 Å². The van der Waals surface area contributed by atoms with Crippen LogP contribution >= 0.6 is 0 Å². The third kappa shape index (κ3) is 0.889. The summed E-state index contributed by atoms with van der Waals surface area (Å²) in [5.41, 5.74) is 0. The summed E-state index contributed by atoms with van der Waals surface area (Å²) in [5.74, 6) is 0.648. The Balaban J connectivity index is 2.77. The minimum atomic E-state index is -0.146. The summed E-state index contributed by atoms with van der Waals surface area (Å²) in [6, 6.07) is 0. The highest BCUT2D eigenvalue weighted by Crippen LogP contribution is 2.34. The summed E-state index contributed by atoms with van der Waals surface area (Å²) < 4.78 is 4.75. The summed E-state index contributed by atoms with van der Waals surface area (Å²) in [4.78, 5) is 10.7. The van der Waals surface area contributed by atoms with Crippen molar-refractivity contribution in [2.24, 2.45) is 0 Å². The van der Waals surface area contributed by atoms with Gasteiger partial charge in [0.2, 0.25) is 0 Å². The van der Waals surface area contributed by atoms with Crippen molar-refractivity contribution in [2.45, 2.75) is 11.6 Å². The van der Waals surface area contributed by atoms with Gasteiger partial charge >= 0.3 is 5.97 Å². The molecule has 0 radical (unpaired) electrons. The second-order valence-corrected chi connectivity index (χ2v) is 2.46. The Bertz CT molecular complexity index is 148. The average molecular weight is 122 g/mol. The molecule has 9 heavy (non-hydrogen) atoms. The van der Waals surface area contributed by atoms with Gasteiger partial charge in [-0.2, -0.15) is 0 Å². The number of hydrogen-bond acceptors (Lipinski definition) is 2. The topological polar surface area (TPSA) is 26.3 Å². The summed E-state index contributed by atoms with van der Waals surface area (Å²) in [7, 11) is 3.79. The lowest BCUT2D eigenvalue weighted by atomic mass is 9.68. The maximum absolute atomic E-state index is 10.7. The molecule has 0 saturated carbocycles. The molecule has 4 heteroatoms. The van der Waals surface area contributed by atoms with E-state index in [1.807, 2.05) is 15.7 Å². The first-order chi connectivity index (χ1) is 4.13. The average Bonchev–Trinajstić information content (AvgIpc) is 1.98. The van der Waals surface area contributed by atoms with Crippen LogP contribution in [0.15, 0.2) is 12.3 Å². The van der Waals surface area contributed by atoms with Crippen LogP contribution in [0, 0.1) is 0 Å². The van der Waals surface area contributed by atoms with E-state index in [1.165, 1.54) is 0 Å². The predicted molar refractivity (Wildman–Crippen MR) is 39.8 cm³/mol. The summed E-state index contributed by atoms with van der Waals surface area (Å²) in [6.07, 6.45) is 0. The number of cyclic esters (lactones) is 1. The van der Waals surface area contributed by atoms with E-state index in [0.29, 0.717) is 5.76 Å². The first kappa shape index (κ1) is 6.46. The maximum atomic E-state index is 10.7. The van der Waals surface area contributed by atoms with Gasteiger partial charge in [-0.3, -0.25) is 4.79 Å². The molecule has 1 rings (SSSR count). The highest BCUT2D eigenvalue weighted by molar-refractivity contribution is 6.31. The molecule has 1 heterocycles. The Hall–Kier alpha value is -0.660. The Kier molecular flexibility index (Phi) is 1.39. The van der Waals surface area contributed by atoms with Crippen LogP contribution in [0.1, 0.15) is 0 Å². The quantitative estimate of drug-likeness (QED) is 0.301. The van der Waals surface area contributed by atoms with Crippen molar-refractivity contribution in [2.75, 3.05) is 0 Å². The Morgan fingerprint density at radius 3 is 2.11 bits per heavy atom. The lowest BCUT2D eigenvalue weighted by Crippen LogP contribution is -2.03. The Morgan fingerprint density at radius 2 is 2.00 bits per heavy atom. The number of hydrogen-bond donors (Lipinski definition) is 0. The number of ether oxygens (including phenoxy) is 1. The monoisotopic (exact) mass is 122 g/mol. The molecule has 1 saturated heterocycles. The molecule has 0 aromatic heterocycles. The molecule has 2 unspecified atom stereocenters. The van der Waals surface area contributed by atoms with Gasteiger partial charge < -0.3 is 4.74 Å². The third-order valence-electron chi connectivity index (χ3n) is 1.86. The second-order valence-electron chi connectivity index (χ2n) is 2.46. The molecule has 2 nitrogen and oxygen atoms in total. The van der Waals surface area contributed by atoms with Crippen LogP contribution in [-0.2, 0) is 9.53 Å². The molecule has 0 amide bonds. The highest BCUT2D eigenvalue weighted by Gasteiger charge is 2.32. The fourth-order valence-corrected chi connectivity index (χ4v) is 0.798. The normalized spacial score (nSPS) is 34.7. The minimum absolute atomic E-state index is 0.00231. The Morgan fingerprint density at radius 1 is 1.44 bits per heavy atom. The predicted octanol–water partition coefficient (Wildman–Crippen LogP) is -1.10. The fourth-order valence-electron chi connectivity index (χ4n) is 0.798. The van der Waals surface area contributed by atoms with E-state index >= 15 is 0 Å². The van der Waals surface area contributed by atoms with Gasteiger partial charge in [0.05, 0.1) is 5.76 Å². The summed E-state index contributed by atoms with van der Waals surface area (Å²) >= 11 is 0. The smallest absolute Gasteiger partial charge is 0.305 e. The molecular formula is C5H8B2O2. The van der Waals surface area contributed by atoms with E-state index in [-0.39, 0.29) is 17.6 Å². The van der Waals surface area contributed by atoms with Crippen LogP contribution in [0.4, 0.5) is 0 Å². The molecule has 1 fully saturated rings. The van der Waals surface area contributed by atoms with Crippen LogP contribution in [0.25, 0.3) is 0 Å². The molecule has 2 atom stereocenters. The van der Waals surface area contributed by atoms with Gasteiger partial charge in [0.25, 0.3) is 0 Å². The van der Waals surface area contributed by atoms with Crippen LogP contribution in [0.2, 0.25) is 11.6 Å². The third-order valence-corrected chi connectivity index (χ3v) is 1.86. The van der Waals surface area contributed by atoms with E-state index in [9.17, 15) is 4.79 Å². The molecule has 1 aliphatic rings. The largest absolute Gasteiger partial charge is 0.433 e. The lowest BCUT2D eigenvalue weighted by Gasteiger charge is -1.99. The van der Waals surface area contributed by atoms with Crippen molar-refractivity contribution >= 4 is 21.7 Å². The molecule has 0 aliphatic carbocycles. The minimum Gasteiger partial charge on any atom is -0.433 e. The fraction of sp³-hybridized carbons (Fsp3) is 0.400. The number of allylic oxidation sites excluding steroid dienone is 1. The number of rotatable bonds is 0.